The molecule has 2 N–H and O–H groups in total. The number of carboxylic acids is 1. The lowest BCUT2D eigenvalue weighted by Gasteiger charge is -2.08. The van der Waals surface area contributed by atoms with Gasteiger partial charge in [-0.25, -0.2) is 4.79 Å². The van der Waals surface area contributed by atoms with Crippen molar-refractivity contribution in [2.24, 2.45) is 4.99 Å². The van der Waals surface area contributed by atoms with Crippen molar-refractivity contribution in [2.45, 2.75) is 12.5 Å². The van der Waals surface area contributed by atoms with Crippen molar-refractivity contribution in [3.63, 3.8) is 0 Å². The second-order valence-corrected chi connectivity index (χ2v) is 5.55. The van der Waals surface area contributed by atoms with E-state index in [1.807, 2.05) is 60.7 Å². The number of hydrogen-bond acceptors (Lipinski definition) is 3. The van der Waals surface area contributed by atoms with E-state index in [0.717, 1.165) is 16.3 Å². The number of aliphatic imine (C=N–C) groups is 1. The number of aliphatic carboxylic acids is 1. The Morgan fingerprint density at radius 1 is 1.00 bits per heavy atom. The second-order valence-electron chi connectivity index (χ2n) is 5.55. The molecule has 4 nitrogen and oxygen atoms in total. The number of hydrogen-bond donors (Lipinski definition) is 2. The third-order valence-corrected chi connectivity index (χ3v) is 3.88. The fraction of sp³-hybridized carbons (Fsp3) is 0.100. The molecule has 120 valence electrons. The number of phenols is 1. The number of fused-ring (bicyclic) bond motifs is 1. The minimum atomic E-state index is -0.990. The predicted octanol–water partition coefficient (Wildman–Crippen LogP) is 3.66. The molecule has 1 atom stereocenters. The molecule has 0 aliphatic rings. The van der Waals surface area contributed by atoms with Gasteiger partial charge in [0, 0.05) is 23.6 Å². The van der Waals surface area contributed by atoms with Gasteiger partial charge in [-0.2, -0.15) is 0 Å². The van der Waals surface area contributed by atoms with Crippen LogP contribution in [0.1, 0.15) is 11.1 Å². The van der Waals surface area contributed by atoms with Gasteiger partial charge in [-0.05, 0) is 17.0 Å². The zero-order valence-corrected chi connectivity index (χ0v) is 13.0. The maximum absolute atomic E-state index is 11.4. The first-order valence-electron chi connectivity index (χ1n) is 7.66. The van der Waals surface area contributed by atoms with Gasteiger partial charge in [0.15, 0.2) is 6.04 Å². The van der Waals surface area contributed by atoms with Crippen LogP contribution in [-0.2, 0) is 11.2 Å². The van der Waals surface area contributed by atoms with Gasteiger partial charge in [0.05, 0.1) is 0 Å². The molecule has 0 aromatic heterocycles. The quantitative estimate of drug-likeness (QED) is 0.705. The van der Waals surface area contributed by atoms with E-state index < -0.39 is 12.0 Å². The molecule has 0 aliphatic heterocycles. The first-order chi connectivity index (χ1) is 11.6. The van der Waals surface area contributed by atoms with E-state index >= 15 is 0 Å². The number of carbonyl (C=O) groups is 1. The van der Waals surface area contributed by atoms with Crippen LogP contribution in [-0.4, -0.2) is 28.4 Å². The van der Waals surface area contributed by atoms with E-state index in [1.54, 1.807) is 6.07 Å². The summed E-state index contributed by atoms with van der Waals surface area (Å²) in [5, 5.41) is 21.4. The van der Waals surface area contributed by atoms with Crippen molar-refractivity contribution < 1.29 is 15.0 Å². The van der Waals surface area contributed by atoms with Crippen molar-refractivity contribution in [1.82, 2.24) is 0 Å². The lowest BCUT2D eigenvalue weighted by atomic mass is 10.0. The monoisotopic (exact) mass is 319 g/mol. The molecule has 4 heteroatoms. The van der Waals surface area contributed by atoms with E-state index in [4.69, 9.17) is 0 Å². The molecule has 0 radical (unpaired) electrons. The molecular weight excluding hydrogens is 302 g/mol. The van der Waals surface area contributed by atoms with Crippen LogP contribution < -0.4 is 0 Å². The topological polar surface area (TPSA) is 69.9 Å². The fourth-order valence-electron chi connectivity index (χ4n) is 2.59. The minimum absolute atomic E-state index is 0.112. The van der Waals surface area contributed by atoms with Crippen molar-refractivity contribution in [3.8, 4) is 5.75 Å². The summed E-state index contributed by atoms with van der Waals surface area (Å²) in [6.45, 7) is 0. The fourth-order valence-corrected chi connectivity index (χ4v) is 2.59. The molecular formula is C20H17NO3. The Balaban J connectivity index is 1.87. The smallest absolute Gasteiger partial charge is 0.328 e. The van der Waals surface area contributed by atoms with Gasteiger partial charge < -0.3 is 10.2 Å². The molecule has 0 fully saturated rings. The van der Waals surface area contributed by atoms with E-state index in [9.17, 15) is 15.0 Å². The van der Waals surface area contributed by atoms with Crippen LogP contribution in [0, 0.1) is 0 Å². The Bertz CT molecular complexity index is 888. The summed E-state index contributed by atoms with van der Waals surface area (Å²) in [7, 11) is 0. The van der Waals surface area contributed by atoms with Crippen molar-refractivity contribution in [2.75, 3.05) is 0 Å². The number of carboxylic acid groups (broad SMARTS) is 1. The summed E-state index contributed by atoms with van der Waals surface area (Å²) in [4.78, 5) is 15.6. The van der Waals surface area contributed by atoms with Crippen LogP contribution in [0.4, 0.5) is 0 Å². The lowest BCUT2D eigenvalue weighted by molar-refractivity contribution is -0.138. The molecule has 0 saturated carbocycles. The molecule has 3 rings (SSSR count). The third kappa shape index (κ3) is 3.43. The van der Waals surface area contributed by atoms with Gasteiger partial charge >= 0.3 is 5.97 Å². The van der Waals surface area contributed by atoms with Gasteiger partial charge in [0.25, 0.3) is 0 Å². The summed E-state index contributed by atoms with van der Waals surface area (Å²) in [6, 6.07) is 19.6. The van der Waals surface area contributed by atoms with Crippen molar-refractivity contribution >= 4 is 23.0 Å². The zero-order valence-electron chi connectivity index (χ0n) is 13.0. The maximum atomic E-state index is 11.4. The highest BCUT2D eigenvalue weighted by molar-refractivity contribution is 5.97. The SMILES string of the molecule is O=C(O)[C@H](Cc1ccccc1)N=Cc1ccc2ccccc2c1O. The van der Waals surface area contributed by atoms with Gasteiger partial charge in [0.1, 0.15) is 5.75 Å². The Labute approximate surface area is 139 Å². The number of nitrogens with zero attached hydrogens (tertiary/aromatic N) is 1. The lowest BCUT2D eigenvalue weighted by Crippen LogP contribution is -2.20. The normalized spacial score (nSPS) is 12.5. The number of benzene rings is 3. The molecule has 0 spiro atoms. The summed E-state index contributed by atoms with van der Waals surface area (Å²) in [5.74, 6) is -0.879. The standard InChI is InChI=1S/C20H17NO3/c22-19-16(11-10-15-8-4-5-9-17(15)19)13-21-18(20(23)24)12-14-6-2-1-3-7-14/h1-11,13,18,22H,12H2,(H,23,24)/t18-/m0/s1. The second kappa shape index (κ2) is 6.96. The van der Waals surface area contributed by atoms with Crippen LogP contribution in [0.25, 0.3) is 10.8 Å². The molecule has 3 aromatic rings. The Morgan fingerprint density at radius 3 is 2.46 bits per heavy atom. The third-order valence-electron chi connectivity index (χ3n) is 3.88. The largest absolute Gasteiger partial charge is 0.507 e. The van der Waals surface area contributed by atoms with Crippen LogP contribution >= 0.6 is 0 Å². The Hall–Kier alpha value is -3.14. The molecule has 0 amide bonds. The van der Waals surface area contributed by atoms with E-state index in [2.05, 4.69) is 4.99 Å². The number of rotatable bonds is 5. The highest BCUT2D eigenvalue weighted by Crippen LogP contribution is 2.27. The van der Waals surface area contributed by atoms with Crippen molar-refractivity contribution in [3.05, 3.63) is 77.9 Å². The summed E-state index contributed by atoms with van der Waals surface area (Å²) < 4.78 is 0. The van der Waals surface area contributed by atoms with Gasteiger partial charge in [-0.15, -0.1) is 0 Å². The highest BCUT2D eigenvalue weighted by atomic mass is 16.4. The summed E-state index contributed by atoms with van der Waals surface area (Å²) >= 11 is 0. The van der Waals surface area contributed by atoms with E-state index in [1.165, 1.54) is 6.21 Å². The first kappa shape index (κ1) is 15.7. The first-order valence-corrected chi connectivity index (χ1v) is 7.66. The number of phenolic OH excluding ortho intramolecular Hbond substituents is 1. The van der Waals surface area contributed by atoms with Gasteiger partial charge in [0.2, 0.25) is 0 Å². The molecule has 0 aliphatic carbocycles. The van der Waals surface area contributed by atoms with Gasteiger partial charge in [-0.3, -0.25) is 4.99 Å². The Kier molecular flexibility index (Phi) is 4.57. The van der Waals surface area contributed by atoms with E-state index in [-0.39, 0.29) is 5.75 Å². The minimum Gasteiger partial charge on any atom is -0.507 e. The highest BCUT2D eigenvalue weighted by Gasteiger charge is 2.16. The molecule has 3 aromatic carbocycles. The van der Waals surface area contributed by atoms with Crippen LogP contribution in [0.3, 0.4) is 0 Å². The molecule has 0 heterocycles. The van der Waals surface area contributed by atoms with Crippen molar-refractivity contribution in [1.29, 1.82) is 0 Å². The van der Waals surface area contributed by atoms with Crippen LogP contribution in [0.15, 0.2) is 71.7 Å². The number of aromatic hydroxyl groups is 1. The Morgan fingerprint density at radius 2 is 1.71 bits per heavy atom. The zero-order chi connectivity index (χ0) is 16.9. The molecule has 0 unspecified atom stereocenters. The maximum Gasteiger partial charge on any atom is 0.328 e. The average Bonchev–Trinajstić information content (AvgIpc) is 2.61. The van der Waals surface area contributed by atoms with Gasteiger partial charge in [-0.1, -0.05) is 60.7 Å². The van der Waals surface area contributed by atoms with Crippen LogP contribution in [0.2, 0.25) is 0 Å². The average molecular weight is 319 g/mol. The summed E-state index contributed by atoms with van der Waals surface area (Å²) in [6.07, 6.45) is 1.74. The van der Waals surface area contributed by atoms with Crippen LogP contribution in [0.5, 0.6) is 5.75 Å². The molecule has 24 heavy (non-hydrogen) atoms. The molecule has 0 bridgehead atoms. The summed E-state index contributed by atoms with van der Waals surface area (Å²) in [5.41, 5.74) is 1.41. The molecule has 0 saturated heterocycles. The van der Waals surface area contributed by atoms with E-state index in [0.29, 0.717) is 12.0 Å². The predicted molar refractivity (Wildman–Crippen MR) is 94.8 cm³/mol.